The highest BCUT2D eigenvalue weighted by molar-refractivity contribution is 14.1. The number of halogens is 1. The van der Waals surface area contributed by atoms with Gasteiger partial charge in [-0.3, -0.25) is 4.79 Å². The van der Waals surface area contributed by atoms with E-state index in [1.165, 1.54) is 6.42 Å². The molecule has 1 aliphatic rings. The van der Waals surface area contributed by atoms with Crippen LogP contribution < -0.4 is 0 Å². The van der Waals surface area contributed by atoms with Gasteiger partial charge in [0.15, 0.2) is 0 Å². The van der Waals surface area contributed by atoms with Gasteiger partial charge in [0.05, 0.1) is 0 Å². The van der Waals surface area contributed by atoms with Gasteiger partial charge in [0.2, 0.25) is 0 Å². The van der Waals surface area contributed by atoms with Crippen LogP contribution in [0.4, 0.5) is 0 Å². The molecule has 1 aliphatic carbocycles. The van der Waals surface area contributed by atoms with Crippen LogP contribution in [0, 0.1) is 5.92 Å². The van der Waals surface area contributed by atoms with E-state index in [1.807, 2.05) is 0 Å². The van der Waals surface area contributed by atoms with Crippen molar-refractivity contribution in [3.8, 4) is 0 Å². The largest absolute Gasteiger partial charge is 0.300 e. The summed E-state index contributed by atoms with van der Waals surface area (Å²) >= 11 is 2.36. The Kier molecular flexibility index (Phi) is 2.95. The summed E-state index contributed by atoms with van der Waals surface area (Å²) in [5.41, 5.74) is 0. The van der Waals surface area contributed by atoms with E-state index in [9.17, 15) is 4.79 Å². The van der Waals surface area contributed by atoms with Crippen molar-refractivity contribution in [2.24, 2.45) is 5.92 Å². The van der Waals surface area contributed by atoms with Crippen LogP contribution in [-0.4, -0.2) is 10.2 Å². The first-order valence-corrected chi connectivity index (χ1v) is 4.93. The van der Waals surface area contributed by atoms with Crippen LogP contribution >= 0.6 is 22.6 Å². The van der Waals surface area contributed by atoms with E-state index in [2.05, 4.69) is 22.6 Å². The van der Waals surface area contributed by atoms with Gasteiger partial charge in [-0.1, -0.05) is 22.6 Å². The van der Waals surface area contributed by atoms with E-state index in [4.69, 9.17) is 0 Å². The number of Topliss-reactive ketones (excluding diaryl/α,β-unsaturated/α-hetero) is 1. The molecule has 0 amide bonds. The summed E-state index contributed by atoms with van der Waals surface area (Å²) in [4.78, 5) is 10.8. The van der Waals surface area contributed by atoms with Crippen LogP contribution in [-0.2, 0) is 4.79 Å². The molecule has 1 saturated carbocycles. The number of alkyl halides is 1. The van der Waals surface area contributed by atoms with Crippen LogP contribution in [0.5, 0.6) is 0 Å². The smallest absolute Gasteiger partial charge is 0.133 e. The average molecular weight is 238 g/mol. The van der Waals surface area contributed by atoms with Gasteiger partial charge < -0.3 is 0 Å². The summed E-state index contributed by atoms with van der Waals surface area (Å²) in [5.74, 6) is 1.18. The zero-order chi connectivity index (χ0) is 6.69. The second kappa shape index (κ2) is 3.54. The second-order valence-corrected chi connectivity index (χ2v) is 3.54. The van der Waals surface area contributed by atoms with Crippen molar-refractivity contribution in [3.05, 3.63) is 0 Å². The standard InChI is InChI=1S/C7H11IO/c8-5-6-2-1-3-7(9)4-6/h6H,1-5H2. The molecule has 1 rings (SSSR count). The summed E-state index contributed by atoms with van der Waals surface area (Å²) in [7, 11) is 0. The zero-order valence-electron chi connectivity index (χ0n) is 5.40. The molecule has 9 heavy (non-hydrogen) atoms. The van der Waals surface area contributed by atoms with Crippen molar-refractivity contribution in [3.63, 3.8) is 0 Å². The quantitative estimate of drug-likeness (QED) is 0.505. The maximum Gasteiger partial charge on any atom is 0.133 e. The third kappa shape index (κ3) is 2.24. The molecule has 0 aromatic rings. The molecule has 0 aromatic heterocycles. The molecular formula is C7H11IO. The van der Waals surface area contributed by atoms with Crippen molar-refractivity contribution in [2.75, 3.05) is 4.43 Å². The lowest BCUT2D eigenvalue weighted by Gasteiger charge is -2.17. The predicted octanol–water partition coefficient (Wildman–Crippen LogP) is 2.18. The van der Waals surface area contributed by atoms with Crippen LogP contribution in [0.2, 0.25) is 0 Å². The first kappa shape index (κ1) is 7.51. The predicted molar refractivity (Wildman–Crippen MR) is 45.9 cm³/mol. The molecule has 0 spiro atoms. The highest BCUT2D eigenvalue weighted by Crippen LogP contribution is 2.22. The Morgan fingerprint density at radius 1 is 1.67 bits per heavy atom. The number of carbonyl (C=O) groups is 1. The first-order valence-electron chi connectivity index (χ1n) is 3.40. The molecule has 1 atom stereocenters. The fraction of sp³-hybridized carbons (Fsp3) is 0.857. The van der Waals surface area contributed by atoms with Crippen LogP contribution in [0.3, 0.4) is 0 Å². The van der Waals surface area contributed by atoms with E-state index in [-0.39, 0.29) is 0 Å². The first-order chi connectivity index (χ1) is 4.33. The number of rotatable bonds is 1. The Labute approximate surface area is 69.3 Å². The van der Waals surface area contributed by atoms with E-state index in [0.29, 0.717) is 11.7 Å². The summed E-state index contributed by atoms with van der Waals surface area (Å²) < 4.78 is 1.16. The Bertz CT molecular complexity index is 111. The topological polar surface area (TPSA) is 17.1 Å². The maximum atomic E-state index is 10.8. The van der Waals surface area contributed by atoms with Crippen molar-refractivity contribution in [2.45, 2.75) is 25.7 Å². The number of hydrogen-bond donors (Lipinski definition) is 0. The van der Waals surface area contributed by atoms with Gasteiger partial charge >= 0.3 is 0 Å². The number of ketones is 1. The van der Waals surface area contributed by atoms with E-state index in [1.54, 1.807) is 0 Å². The SMILES string of the molecule is O=C1CCCC(CI)C1. The normalized spacial score (nSPS) is 28.6. The number of carbonyl (C=O) groups excluding carboxylic acids is 1. The summed E-state index contributed by atoms with van der Waals surface area (Å²) in [5, 5.41) is 0. The Morgan fingerprint density at radius 2 is 2.44 bits per heavy atom. The lowest BCUT2D eigenvalue weighted by atomic mass is 9.90. The second-order valence-electron chi connectivity index (χ2n) is 2.66. The minimum atomic E-state index is 0.475. The summed E-state index contributed by atoms with van der Waals surface area (Å²) in [6, 6.07) is 0. The third-order valence-electron chi connectivity index (χ3n) is 1.80. The van der Waals surface area contributed by atoms with Gasteiger partial charge in [0.25, 0.3) is 0 Å². The highest BCUT2D eigenvalue weighted by atomic mass is 127. The minimum Gasteiger partial charge on any atom is -0.300 e. The van der Waals surface area contributed by atoms with Gasteiger partial charge in [-0.15, -0.1) is 0 Å². The van der Waals surface area contributed by atoms with Gasteiger partial charge in [-0.25, -0.2) is 0 Å². The molecule has 52 valence electrons. The highest BCUT2D eigenvalue weighted by Gasteiger charge is 2.17. The van der Waals surface area contributed by atoms with E-state index in [0.717, 1.165) is 23.7 Å². The lowest BCUT2D eigenvalue weighted by Crippen LogP contribution is -2.15. The van der Waals surface area contributed by atoms with Gasteiger partial charge in [0, 0.05) is 17.3 Å². The summed E-state index contributed by atoms with van der Waals surface area (Å²) in [6.45, 7) is 0. The molecule has 1 nitrogen and oxygen atoms in total. The van der Waals surface area contributed by atoms with Gasteiger partial charge in [-0.2, -0.15) is 0 Å². The Balaban J connectivity index is 2.32. The molecule has 1 fully saturated rings. The molecule has 0 aromatic carbocycles. The van der Waals surface area contributed by atoms with Crippen LogP contribution in [0.15, 0.2) is 0 Å². The third-order valence-corrected chi connectivity index (χ3v) is 3.05. The zero-order valence-corrected chi connectivity index (χ0v) is 7.56. The molecule has 1 unspecified atom stereocenters. The monoisotopic (exact) mass is 238 g/mol. The fourth-order valence-electron chi connectivity index (χ4n) is 1.25. The molecule has 0 saturated heterocycles. The van der Waals surface area contributed by atoms with Crippen molar-refractivity contribution in [1.29, 1.82) is 0 Å². The Morgan fingerprint density at radius 3 is 2.89 bits per heavy atom. The lowest BCUT2D eigenvalue weighted by molar-refractivity contribution is -0.121. The number of hydrogen-bond acceptors (Lipinski definition) is 1. The van der Waals surface area contributed by atoms with Gasteiger partial charge in [0.1, 0.15) is 5.78 Å². The van der Waals surface area contributed by atoms with E-state index >= 15 is 0 Å². The van der Waals surface area contributed by atoms with Crippen molar-refractivity contribution >= 4 is 28.4 Å². The molecule has 0 bridgehead atoms. The molecule has 0 heterocycles. The van der Waals surface area contributed by atoms with E-state index < -0.39 is 0 Å². The minimum absolute atomic E-state index is 0.475. The summed E-state index contributed by atoms with van der Waals surface area (Å²) in [6.07, 6.45) is 4.09. The molecule has 0 aliphatic heterocycles. The van der Waals surface area contributed by atoms with Crippen LogP contribution in [0.1, 0.15) is 25.7 Å². The molecule has 0 radical (unpaired) electrons. The van der Waals surface area contributed by atoms with Crippen molar-refractivity contribution in [1.82, 2.24) is 0 Å². The molecule has 2 heteroatoms. The fourth-order valence-corrected chi connectivity index (χ4v) is 2.00. The maximum absolute atomic E-state index is 10.8. The van der Waals surface area contributed by atoms with Gasteiger partial charge in [-0.05, 0) is 18.8 Å². The van der Waals surface area contributed by atoms with Crippen LogP contribution in [0.25, 0.3) is 0 Å². The molecule has 0 N–H and O–H groups in total. The average Bonchev–Trinajstić information content (AvgIpc) is 1.88. The van der Waals surface area contributed by atoms with Crippen molar-refractivity contribution < 1.29 is 4.79 Å². The Hall–Kier alpha value is 0.400. The molecular weight excluding hydrogens is 227 g/mol.